The Morgan fingerprint density at radius 1 is 1.15 bits per heavy atom. The highest BCUT2D eigenvalue weighted by Crippen LogP contribution is 2.37. The van der Waals surface area contributed by atoms with Crippen LogP contribution in [0.5, 0.6) is 0 Å². The molecular weight excluding hydrogens is 365 g/mol. The maximum atomic E-state index is 12.4. The van der Waals surface area contributed by atoms with Gasteiger partial charge in [0.25, 0.3) is 5.91 Å². The summed E-state index contributed by atoms with van der Waals surface area (Å²) in [5.74, 6) is -0.346. The van der Waals surface area contributed by atoms with Gasteiger partial charge >= 0.3 is 5.51 Å². The van der Waals surface area contributed by atoms with Gasteiger partial charge in [0.05, 0.1) is 12.7 Å². The number of hydrogen-bond acceptors (Lipinski definition) is 4. The van der Waals surface area contributed by atoms with Crippen molar-refractivity contribution in [3.05, 3.63) is 72.1 Å². The molecule has 1 N–H and O–H groups in total. The summed E-state index contributed by atoms with van der Waals surface area (Å²) in [6.45, 7) is 0.477. The lowest BCUT2D eigenvalue weighted by Gasteiger charge is -2.09. The van der Waals surface area contributed by atoms with Crippen molar-refractivity contribution in [2.45, 2.75) is 16.9 Å². The van der Waals surface area contributed by atoms with Crippen LogP contribution in [0.4, 0.5) is 18.9 Å². The molecule has 134 valence electrons. The Kier molecular flexibility index (Phi) is 5.27. The number of nitrogens with one attached hydrogen (secondary N) is 1. The van der Waals surface area contributed by atoms with Crippen molar-refractivity contribution >= 4 is 23.4 Å². The van der Waals surface area contributed by atoms with E-state index in [1.165, 1.54) is 24.3 Å². The SMILES string of the molecule is O=C(Nc1ccc(SC(F)(F)F)cc1)c1cccc(Cn2ccnn2)c1. The number of amides is 1. The van der Waals surface area contributed by atoms with Crippen molar-refractivity contribution in [3.63, 3.8) is 0 Å². The quantitative estimate of drug-likeness (QED) is 0.677. The van der Waals surface area contributed by atoms with Crippen LogP contribution in [0.25, 0.3) is 0 Å². The molecule has 9 heteroatoms. The molecule has 0 aliphatic carbocycles. The Morgan fingerprint density at radius 3 is 2.58 bits per heavy atom. The van der Waals surface area contributed by atoms with Gasteiger partial charge < -0.3 is 5.32 Å². The van der Waals surface area contributed by atoms with Crippen molar-refractivity contribution in [2.75, 3.05) is 5.32 Å². The Balaban J connectivity index is 1.66. The molecule has 0 aliphatic rings. The van der Waals surface area contributed by atoms with Gasteiger partial charge in [-0.15, -0.1) is 5.10 Å². The predicted molar refractivity (Wildman–Crippen MR) is 91.9 cm³/mol. The summed E-state index contributed by atoms with van der Waals surface area (Å²) >= 11 is -0.198. The first-order valence-corrected chi connectivity index (χ1v) is 8.31. The summed E-state index contributed by atoms with van der Waals surface area (Å²) in [5.41, 5.74) is -2.60. The van der Waals surface area contributed by atoms with E-state index in [1.54, 1.807) is 35.3 Å². The molecule has 1 heterocycles. The van der Waals surface area contributed by atoms with Gasteiger partial charge in [0.1, 0.15) is 0 Å². The highest BCUT2D eigenvalue weighted by molar-refractivity contribution is 8.00. The fraction of sp³-hybridized carbons (Fsp3) is 0.118. The number of carbonyl (C=O) groups excluding carboxylic acids is 1. The average Bonchev–Trinajstić information content (AvgIpc) is 3.08. The smallest absolute Gasteiger partial charge is 0.322 e. The van der Waals surface area contributed by atoms with E-state index in [0.29, 0.717) is 17.8 Å². The second-order valence-electron chi connectivity index (χ2n) is 5.33. The van der Waals surface area contributed by atoms with Crippen molar-refractivity contribution in [1.29, 1.82) is 0 Å². The maximum absolute atomic E-state index is 12.4. The minimum atomic E-state index is -4.34. The number of anilines is 1. The lowest BCUT2D eigenvalue weighted by Crippen LogP contribution is -2.12. The zero-order valence-electron chi connectivity index (χ0n) is 13.3. The van der Waals surface area contributed by atoms with Crippen LogP contribution in [0.2, 0.25) is 0 Å². The maximum Gasteiger partial charge on any atom is 0.446 e. The molecule has 0 bridgehead atoms. The van der Waals surface area contributed by atoms with Gasteiger partial charge in [-0.25, -0.2) is 4.68 Å². The molecule has 0 saturated carbocycles. The number of alkyl halides is 3. The summed E-state index contributed by atoms with van der Waals surface area (Å²) in [5, 5.41) is 10.3. The summed E-state index contributed by atoms with van der Waals surface area (Å²) < 4.78 is 38.6. The second kappa shape index (κ2) is 7.61. The Labute approximate surface area is 151 Å². The van der Waals surface area contributed by atoms with Crippen molar-refractivity contribution in [1.82, 2.24) is 15.0 Å². The second-order valence-corrected chi connectivity index (χ2v) is 6.47. The molecule has 0 fully saturated rings. The van der Waals surface area contributed by atoms with Gasteiger partial charge in [-0.3, -0.25) is 4.79 Å². The Morgan fingerprint density at radius 2 is 1.92 bits per heavy atom. The summed E-state index contributed by atoms with van der Waals surface area (Å²) in [6.07, 6.45) is 3.28. The molecule has 1 aromatic heterocycles. The highest BCUT2D eigenvalue weighted by Gasteiger charge is 2.29. The minimum absolute atomic E-state index is 0.0605. The van der Waals surface area contributed by atoms with Crippen LogP contribution in [-0.4, -0.2) is 26.4 Å². The predicted octanol–water partition coefficient (Wildman–Crippen LogP) is 4.19. The highest BCUT2D eigenvalue weighted by atomic mass is 32.2. The first kappa shape index (κ1) is 18.0. The third-order valence-corrected chi connectivity index (χ3v) is 4.09. The molecule has 0 atom stereocenters. The zero-order valence-corrected chi connectivity index (χ0v) is 14.1. The van der Waals surface area contributed by atoms with Crippen LogP contribution < -0.4 is 5.32 Å². The first-order chi connectivity index (χ1) is 12.4. The van der Waals surface area contributed by atoms with E-state index >= 15 is 0 Å². The molecule has 5 nitrogen and oxygen atoms in total. The minimum Gasteiger partial charge on any atom is -0.322 e. The van der Waals surface area contributed by atoms with Crippen LogP contribution in [0.3, 0.4) is 0 Å². The van der Waals surface area contributed by atoms with Crippen molar-refractivity contribution in [2.24, 2.45) is 0 Å². The van der Waals surface area contributed by atoms with E-state index in [4.69, 9.17) is 0 Å². The number of rotatable bonds is 5. The van der Waals surface area contributed by atoms with Gasteiger partial charge in [0.15, 0.2) is 0 Å². The molecule has 1 amide bonds. The lowest BCUT2D eigenvalue weighted by molar-refractivity contribution is -0.0328. The topological polar surface area (TPSA) is 59.8 Å². The third-order valence-electron chi connectivity index (χ3n) is 3.35. The molecule has 3 aromatic rings. The summed E-state index contributed by atoms with van der Waals surface area (Å²) in [4.78, 5) is 12.4. The molecule has 2 aromatic carbocycles. The van der Waals surface area contributed by atoms with E-state index in [2.05, 4.69) is 15.6 Å². The van der Waals surface area contributed by atoms with Gasteiger partial charge in [0.2, 0.25) is 0 Å². The molecule has 0 unspecified atom stereocenters. The largest absolute Gasteiger partial charge is 0.446 e. The zero-order chi connectivity index (χ0) is 18.6. The van der Waals surface area contributed by atoms with E-state index in [9.17, 15) is 18.0 Å². The van der Waals surface area contributed by atoms with Crippen LogP contribution in [-0.2, 0) is 6.54 Å². The summed E-state index contributed by atoms with van der Waals surface area (Å²) in [7, 11) is 0. The van der Waals surface area contributed by atoms with Crippen LogP contribution >= 0.6 is 11.8 Å². The van der Waals surface area contributed by atoms with Gasteiger partial charge in [-0.2, -0.15) is 13.2 Å². The van der Waals surface area contributed by atoms with Crippen LogP contribution in [0.15, 0.2) is 65.8 Å². The lowest BCUT2D eigenvalue weighted by atomic mass is 10.1. The number of thioether (sulfide) groups is 1. The molecule has 0 radical (unpaired) electrons. The molecule has 0 saturated heterocycles. The van der Waals surface area contributed by atoms with Gasteiger partial charge in [0, 0.05) is 22.3 Å². The monoisotopic (exact) mass is 378 g/mol. The Hall–Kier alpha value is -2.81. The fourth-order valence-electron chi connectivity index (χ4n) is 2.26. The fourth-order valence-corrected chi connectivity index (χ4v) is 2.80. The van der Waals surface area contributed by atoms with Crippen molar-refractivity contribution in [3.8, 4) is 0 Å². The van der Waals surface area contributed by atoms with E-state index in [1.807, 2.05) is 6.07 Å². The van der Waals surface area contributed by atoms with Gasteiger partial charge in [-0.1, -0.05) is 17.3 Å². The standard InChI is InChI=1S/C17H13F3N4OS/c18-17(19,20)26-15-6-4-14(5-7-15)22-16(25)13-3-1-2-12(10-13)11-24-9-8-21-23-24/h1-10H,11H2,(H,22,25). The number of benzene rings is 2. The molecular formula is C17H13F3N4OS. The molecule has 3 rings (SSSR count). The van der Waals surface area contributed by atoms with Gasteiger partial charge in [-0.05, 0) is 53.7 Å². The van der Waals surface area contributed by atoms with Crippen LogP contribution in [0.1, 0.15) is 15.9 Å². The number of hydrogen-bond donors (Lipinski definition) is 1. The molecule has 26 heavy (non-hydrogen) atoms. The number of carbonyl (C=O) groups is 1. The molecule has 0 spiro atoms. The first-order valence-electron chi connectivity index (χ1n) is 7.49. The third kappa shape index (κ3) is 5.09. The van der Waals surface area contributed by atoms with E-state index < -0.39 is 5.51 Å². The van der Waals surface area contributed by atoms with E-state index in [-0.39, 0.29) is 22.6 Å². The normalized spacial score (nSPS) is 11.3. The number of halogens is 3. The molecule has 0 aliphatic heterocycles. The summed E-state index contributed by atoms with van der Waals surface area (Å²) in [6, 6.07) is 12.5. The van der Waals surface area contributed by atoms with Crippen LogP contribution in [0, 0.1) is 0 Å². The van der Waals surface area contributed by atoms with E-state index in [0.717, 1.165) is 5.56 Å². The number of aromatic nitrogens is 3. The number of nitrogens with zero attached hydrogens (tertiary/aromatic N) is 3. The average molecular weight is 378 g/mol. The van der Waals surface area contributed by atoms with Crippen molar-refractivity contribution < 1.29 is 18.0 Å². The Bertz CT molecular complexity index is 880.